The van der Waals surface area contributed by atoms with Crippen LogP contribution in [0.1, 0.15) is 34.7 Å². The lowest BCUT2D eigenvalue weighted by Crippen LogP contribution is -2.20. The molecule has 0 amide bonds. The molecule has 2 heterocycles. The van der Waals surface area contributed by atoms with Crippen molar-refractivity contribution in [2.24, 2.45) is 0 Å². The van der Waals surface area contributed by atoms with Gasteiger partial charge in [-0.2, -0.15) is 10.1 Å². The van der Waals surface area contributed by atoms with Crippen LogP contribution < -0.4 is 0 Å². The van der Waals surface area contributed by atoms with Crippen LogP contribution >= 0.6 is 0 Å². The molecule has 0 unspecified atom stereocenters. The van der Waals surface area contributed by atoms with E-state index in [0.29, 0.717) is 22.5 Å². The van der Waals surface area contributed by atoms with Crippen LogP contribution in [0.5, 0.6) is 0 Å². The van der Waals surface area contributed by atoms with Crippen LogP contribution in [-0.4, -0.2) is 38.1 Å². The summed E-state index contributed by atoms with van der Waals surface area (Å²) in [6.45, 7) is 3.14. The molecule has 2 aromatic carbocycles. The van der Waals surface area contributed by atoms with Gasteiger partial charge in [-0.25, -0.2) is 9.48 Å². The van der Waals surface area contributed by atoms with Gasteiger partial charge in [0.15, 0.2) is 11.3 Å². The summed E-state index contributed by atoms with van der Waals surface area (Å²) in [7, 11) is 1.32. The molecule has 0 radical (unpaired) electrons. The van der Waals surface area contributed by atoms with Crippen molar-refractivity contribution in [2.75, 3.05) is 7.11 Å². The lowest BCUT2D eigenvalue weighted by Gasteiger charge is -2.10. The molecule has 4 aromatic rings. The quantitative estimate of drug-likeness (QED) is 0.415. The minimum atomic E-state index is -1.57. The Morgan fingerprint density at radius 3 is 2.77 bits per heavy atom. The highest BCUT2D eigenvalue weighted by molar-refractivity contribution is 6.02. The van der Waals surface area contributed by atoms with E-state index >= 15 is 0 Å². The second kappa shape index (κ2) is 7.46. The van der Waals surface area contributed by atoms with Gasteiger partial charge in [0.2, 0.25) is 11.7 Å². The van der Waals surface area contributed by atoms with Gasteiger partial charge in [0.25, 0.3) is 0 Å². The number of nitrogens with zero attached hydrogens (tertiary/aromatic N) is 4. The first-order valence-corrected chi connectivity index (χ1v) is 9.12. The molecule has 30 heavy (non-hydrogen) atoms. The van der Waals surface area contributed by atoms with Gasteiger partial charge in [0.1, 0.15) is 0 Å². The Morgan fingerprint density at radius 2 is 2.03 bits per heavy atom. The average molecular weight is 402 g/mol. The smallest absolute Gasteiger partial charge is 0.359 e. The van der Waals surface area contributed by atoms with Crippen molar-refractivity contribution in [3.63, 3.8) is 0 Å². The lowest BCUT2D eigenvalue weighted by molar-refractivity contribution is 0.0595. The summed E-state index contributed by atoms with van der Waals surface area (Å²) in [6.07, 6.45) is 0. The fourth-order valence-corrected chi connectivity index (χ4v) is 2.97. The minimum absolute atomic E-state index is 0.101. The number of carbonyl (C=O) groups excluding carboxylic acids is 1. The van der Waals surface area contributed by atoms with Crippen LogP contribution in [0.2, 0.25) is 0 Å². The van der Waals surface area contributed by atoms with Gasteiger partial charge in [0, 0.05) is 17.9 Å². The molecule has 150 valence electrons. The van der Waals surface area contributed by atoms with Crippen LogP contribution in [0.25, 0.3) is 16.6 Å². The first-order chi connectivity index (χ1) is 14.4. The summed E-state index contributed by atoms with van der Waals surface area (Å²) in [5.74, 6) is 5.65. The van der Waals surface area contributed by atoms with E-state index in [1.54, 1.807) is 17.7 Å². The Bertz CT molecular complexity index is 1310. The number of benzene rings is 2. The first kappa shape index (κ1) is 19.4. The van der Waals surface area contributed by atoms with Crippen LogP contribution in [0.15, 0.2) is 53.1 Å². The van der Waals surface area contributed by atoms with Crippen LogP contribution in [0, 0.1) is 18.8 Å². The molecule has 4 rings (SSSR count). The molecular formula is C22H18N4O4. The number of hydrogen-bond acceptors (Lipinski definition) is 7. The van der Waals surface area contributed by atoms with Crippen molar-refractivity contribution in [3.05, 3.63) is 71.5 Å². The molecule has 8 heteroatoms. The Morgan fingerprint density at radius 1 is 1.23 bits per heavy atom. The summed E-state index contributed by atoms with van der Waals surface area (Å²) in [5.41, 5.74) is 0.789. The number of ether oxygens (including phenoxy) is 1. The molecule has 0 aliphatic rings. The number of aromatic nitrogens is 4. The number of esters is 1. The first-order valence-electron chi connectivity index (χ1n) is 9.12. The highest BCUT2D eigenvalue weighted by atomic mass is 16.5. The van der Waals surface area contributed by atoms with E-state index in [2.05, 4.69) is 27.1 Å². The van der Waals surface area contributed by atoms with Gasteiger partial charge in [0.05, 0.1) is 18.3 Å². The number of hydrogen-bond donors (Lipinski definition) is 1. The molecule has 2 aromatic heterocycles. The number of aliphatic hydroxyl groups is 1. The number of rotatable bonds is 3. The van der Waals surface area contributed by atoms with Gasteiger partial charge >= 0.3 is 5.97 Å². The molecule has 0 spiro atoms. The fourth-order valence-electron chi connectivity index (χ4n) is 2.97. The molecule has 0 saturated carbocycles. The second-order valence-corrected chi connectivity index (χ2v) is 6.78. The third-order valence-corrected chi connectivity index (χ3v) is 4.47. The number of carbonyl (C=O) groups is 1. The van der Waals surface area contributed by atoms with Crippen molar-refractivity contribution >= 4 is 16.9 Å². The maximum Gasteiger partial charge on any atom is 0.359 e. The lowest BCUT2D eigenvalue weighted by atomic mass is 10.1. The maximum absolute atomic E-state index is 12.1. The molecular weight excluding hydrogens is 384 g/mol. The van der Waals surface area contributed by atoms with Crippen molar-refractivity contribution in [2.45, 2.75) is 19.4 Å². The van der Waals surface area contributed by atoms with Crippen molar-refractivity contribution in [1.82, 2.24) is 19.9 Å². The fraction of sp³-hybridized carbons (Fsp3) is 0.182. The normalized spacial score (nSPS) is 12.8. The second-order valence-electron chi connectivity index (χ2n) is 6.78. The van der Waals surface area contributed by atoms with Gasteiger partial charge in [-0.3, -0.25) is 0 Å². The molecule has 1 N–H and O–H groups in total. The van der Waals surface area contributed by atoms with E-state index < -0.39 is 11.6 Å². The standard InChI is InChI=1S/C22H18N4O4/c1-14-23-21(25-30-14)22(2,28)12-11-15-7-6-8-16(13-15)26-18-10-5-4-9-17(18)19(24-26)20(27)29-3/h4-10,13,28H,1-3H3/t22-/m1/s1. The minimum Gasteiger partial charge on any atom is -0.464 e. The highest BCUT2D eigenvalue weighted by Gasteiger charge is 2.26. The molecule has 0 saturated heterocycles. The number of para-hydroxylation sites is 1. The highest BCUT2D eigenvalue weighted by Crippen LogP contribution is 2.23. The zero-order valence-electron chi connectivity index (χ0n) is 16.6. The molecule has 0 fully saturated rings. The Hall–Kier alpha value is -3.96. The summed E-state index contributed by atoms with van der Waals surface area (Å²) < 4.78 is 11.4. The Labute approximate surface area is 172 Å². The van der Waals surface area contributed by atoms with Gasteiger partial charge < -0.3 is 14.4 Å². The Kier molecular flexibility index (Phi) is 4.82. The molecule has 0 aliphatic carbocycles. The number of fused-ring (bicyclic) bond motifs is 1. The van der Waals surface area contributed by atoms with Gasteiger partial charge in [-0.15, -0.1) is 0 Å². The summed E-state index contributed by atoms with van der Waals surface area (Å²) >= 11 is 0. The summed E-state index contributed by atoms with van der Waals surface area (Å²) in [6, 6.07) is 14.7. The number of methoxy groups -OCH3 is 1. The predicted molar refractivity (Wildman–Crippen MR) is 108 cm³/mol. The SMILES string of the molecule is COC(=O)c1nn(-c2cccc(C#C[C@@](C)(O)c3noc(C)n3)c2)c2ccccc12. The largest absolute Gasteiger partial charge is 0.464 e. The molecule has 0 bridgehead atoms. The third kappa shape index (κ3) is 3.54. The van der Waals surface area contributed by atoms with Crippen LogP contribution in [0.3, 0.4) is 0 Å². The van der Waals surface area contributed by atoms with Gasteiger partial charge in [-0.05, 0) is 31.2 Å². The Balaban J connectivity index is 1.75. The van der Waals surface area contributed by atoms with Crippen LogP contribution in [0.4, 0.5) is 0 Å². The zero-order chi connectivity index (χ0) is 21.3. The molecule has 8 nitrogen and oxygen atoms in total. The van der Waals surface area contributed by atoms with Gasteiger partial charge in [-0.1, -0.05) is 41.3 Å². The van der Waals surface area contributed by atoms with Crippen LogP contribution in [-0.2, 0) is 10.3 Å². The maximum atomic E-state index is 12.1. The van der Waals surface area contributed by atoms with E-state index in [0.717, 1.165) is 5.52 Å². The number of aryl methyl sites for hydroxylation is 1. The van der Waals surface area contributed by atoms with Crippen molar-refractivity contribution in [3.8, 4) is 17.5 Å². The third-order valence-electron chi connectivity index (χ3n) is 4.47. The topological polar surface area (TPSA) is 103 Å². The van der Waals surface area contributed by atoms with E-state index in [9.17, 15) is 9.90 Å². The van der Waals surface area contributed by atoms with E-state index in [4.69, 9.17) is 9.26 Å². The van der Waals surface area contributed by atoms with E-state index in [1.807, 2.05) is 42.5 Å². The predicted octanol–water partition coefficient (Wildman–Crippen LogP) is 2.76. The monoisotopic (exact) mass is 402 g/mol. The van der Waals surface area contributed by atoms with Crippen molar-refractivity contribution in [1.29, 1.82) is 0 Å². The van der Waals surface area contributed by atoms with E-state index in [-0.39, 0.29) is 11.5 Å². The summed E-state index contributed by atoms with van der Waals surface area (Å²) in [4.78, 5) is 16.2. The van der Waals surface area contributed by atoms with Crippen molar-refractivity contribution < 1.29 is 19.2 Å². The zero-order valence-corrected chi connectivity index (χ0v) is 16.6. The average Bonchev–Trinajstić information content (AvgIpc) is 3.36. The summed E-state index contributed by atoms with van der Waals surface area (Å²) in [5, 5.41) is 19.4. The molecule has 1 atom stereocenters. The van der Waals surface area contributed by atoms with E-state index in [1.165, 1.54) is 14.0 Å². The molecule has 0 aliphatic heterocycles.